The first kappa shape index (κ1) is 18.6. The number of rotatable bonds is 4. The average molecular weight is 408 g/mol. The van der Waals surface area contributed by atoms with Crippen LogP contribution in [-0.2, 0) is 0 Å². The monoisotopic (exact) mass is 407 g/mol. The van der Waals surface area contributed by atoms with E-state index in [1.165, 1.54) is 12.8 Å². The molecule has 0 aliphatic carbocycles. The van der Waals surface area contributed by atoms with Crippen molar-refractivity contribution in [3.05, 3.63) is 49.3 Å². The second kappa shape index (κ2) is 6.85. The summed E-state index contributed by atoms with van der Waals surface area (Å²) in [6, 6.07) is 5.52. The Bertz CT molecular complexity index is 1000. The van der Waals surface area contributed by atoms with Crippen molar-refractivity contribution in [2.24, 2.45) is 0 Å². The van der Waals surface area contributed by atoms with E-state index in [0.29, 0.717) is 16.5 Å². The Morgan fingerprint density at radius 2 is 1.93 bits per heavy atom. The number of benzene rings is 1. The fourth-order valence-corrected chi connectivity index (χ4v) is 6.34. The van der Waals surface area contributed by atoms with Crippen LogP contribution in [-0.4, -0.2) is 41.0 Å². The molecule has 2 saturated heterocycles. The van der Waals surface area contributed by atoms with Gasteiger partial charge in [0.05, 0.1) is 30.1 Å². The van der Waals surface area contributed by atoms with Gasteiger partial charge in [-0.05, 0) is 51.7 Å². The maximum absolute atomic E-state index is 10.5. The van der Waals surface area contributed by atoms with E-state index in [1.807, 2.05) is 40.9 Å². The molecular formula is C22H25N5OS. The van der Waals surface area contributed by atoms with Crippen molar-refractivity contribution in [3.8, 4) is 22.7 Å². The molecule has 2 aromatic heterocycles. The molecule has 2 fully saturated rings. The first-order valence-corrected chi connectivity index (χ1v) is 10.9. The minimum Gasteiger partial charge on any atom is -0.507 e. The quantitative estimate of drug-likeness (QED) is 0.675. The number of thioether (sulfide) groups is 1. The zero-order valence-electron chi connectivity index (χ0n) is 16.7. The number of fused-ring (bicyclic) bond motifs is 2. The van der Waals surface area contributed by atoms with Crippen LogP contribution in [0.2, 0.25) is 0 Å². The zero-order valence-corrected chi connectivity index (χ0v) is 17.5. The lowest BCUT2D eigenvalue weighted by atomic mass is 9.88. The fourth-order valence-electron chi connectivity index (χ4n) is 4.87. The normalized spacial score (nSPS) is 28.6. The molecule has 3 aromatic rings. The minimum absolute atomic E-state index is 0.182. The van der Waals surface area contributed by atoms with Crippen molar-refractivity contribution in [3.63, 3.8) is 0 Å². The lowest BCUT2D eigenvalue weighted by molar-refractivity contribution is 0.241. The minimum atomic E-state index is 0.182. The van der Waals surface area contributed by atoms with E-state index >= 15 is 0 Å². The Hall–Kier alpha value is -2.38. The largest absolute Gasteiger partial charge is 0.507 e. The van der Waals surface area contributed by atoms with Crippen LogP contribution in [0.15, 0.2) is 54.3 Å². The molecule has 4 heterocycles. The SMILES string of the molecule is CC12CCC(C)(CC(Sc3cnc(-c4ccc(-n5ccnc5)cc4O)cn3)C1)N2. The molecule has 7 heteroatoms. The molecule has 29 heavy (non-hydrogen) atoms. The van der Waals surface area contributed by atoms with Crippen LogP contribution in [0.4, 0.5) is 0 Å². The number of hydrogen-bond donors (Lipinski definition) is 2. The highest BCUT2D eigenvalue weighted by molar-refractivity contribution is 7.99. The van der Waals surface area contributed by atoms with Gasteiger partial charge < -0.3 is 15.0 Å². The molecule has 2 atom stereocenters. The van der Waals surface area contributed by atoms with Gasteiger partial charge in [-0.25, -0.2) is 9.97 Å². The number of hydrogen-bond acceptors (Lipinski definition) is 6. The van der Waals surface area contributed by atoms with Crippen molar-refractivity contribution >= 4 is 11.8 Å². The van der Waals surface area contributed by atoms with Crippen molar-refractivity contribution < 1.29 is 5.11 Å². The van der Waals surface area contributed by atoms with Gasteiger partial charge in [-0.15, -0.1) is 11.8 Å². The van der Waals surface area contributed by atoms with Crippen molar-refractivity contribution in [1.29, 1.82) is 0 Å². The third-order valence-electron chi connectivity index (χ3n) is 6.16. The Kier molecular flexibility index (Phi) is 4.40. The van der Waals surface area contributed by atoms with Crippen LogP contribution in [0.5, 0.6) is 5.75 Å². The summed E-state index contributed by atoms with van der Waals surface area (Å²) in [7, 11) is 0. The third-order valence-corrected chi connectivity index (χ3v) is 7.28. The first-order chi connectivity index (χ1) is 13.9. The molecule has 1 aromatic carbocycles. The van der Waals surface area contributed by atoms with Gasteiger partial charge in [0.25, 0.3) is 0 Å². The van der Waals surface area contributed by atoms with Gasteiger partial charge in [0.1, 0.15) is 10.8 Å². The molecule has 2 aliphatic heterocycles. The lowest BCUT2D eigenvalue weighted by Crippen LogP contribution is -2.54. The predicted octanol–water partition coefficient (Wildman–Crippen LogP) is 4.19. The summed E-state index contributed by atoms with van der Waals surface area (Å²) in [5, 5.41) is 15.8. The molecule has 0 spiro atoms. The molecule has 2 unspecified atom stereocenters. The fraction of sp³-hybridized carbons (Fsp3) is 0.409. The van der Waals surface area contributed by atoms with Crippen LogP contribution in [0.3, 0.4) is 0 Å². The molecule has 2 aliphatic rings. The van der Waals surface area contributed by atoms with Crippen LogP contribution in [0, 0.1) is 0 Å². The zero-order chi connectivity index (χ0) is 20.1. The van der Waals surface area contributed by atoms with Gasteiger partial charge in [0.15, 0.2) is 0 Å². The number of phenols is 1. The summed E-state index contributed by atoms with van der Waals surface area (Å²) in [6.07, 6.45) is 13.7. The Morgan fingerprint density at radius 3 is 2.55 bits per heavy atom. The second-order valence-electron chi connectivity index (χ2n) is 8.81. The molecule has 5 rings (SSSR count). The van der Waals surface area contributed by atoms with Gasteiger partial charge >= 0.3 is 0 Å². The smallest absolute Gasteiger partial charge is 0.127 e. The summed E-state index contributed by atoms with van der Waals surface area (Å²) >= 11 is 1.83. The van der Waals surface area contributed by atoms with E-state index < -0.39 is 0 Å². The van der Waals surface area contributed by atoms with Crippen molar-refractivity contribution in [2.45, 2.75) is 60.9 Å². The molecule has 6 nitrogen and oxygen atoms in total. The third kappa shape index (κ3) is 3.65. The van der Waals surface area contributed by atoms with Gasteiger partial charge in [-0.3, -0.25) is 4.98 Å². The van der Waals surface area contributed by atoms with Gasteiger partial charge in [-0.2, -0.15) is 0 Å². The Morgan fingerprint density at radius 1 is 1.14 bits per heavy atom. The lowest BCUT2D eigenvalue weighted by Gasteiger charge is -2.41. The number of phenolic OH excluding ortho intramolecular Hbond substituents is 1. The summed E-state index contributed by atoms with van der Waals surface area (Å²) < 4.78 is 1.85. The number of nitrogens with zero attached hydrogens (tertiary/aromatic N) is 4. The highest BCUT2D eigenvalue weighted by Crippen LogP contribution is 2.46. The number of piperidine rings is 1. The molecule has 150 valence electrons. The standard InChI is InChI=1S/C22H25N5OS/c1-21-5-6-22(2,26-21)11-16(10-21)29-20-13-24-18(12-25-20)17-4-3-15(9-19(17)28)27-8-7-23-14-27/h3-4,7-9,12-14,16,26,28H,5-6,10-11H2,1-2H3. The van der Waals surface area contributed by atoms with Crippen LogP contribution < -0.4 is 5.32 Å². The summed E-state index contributed by atoms with van der Waals surface area (Å²) in [5.74, 6) is 0.182. The Balaban J connectivity index is 1.32. The maximum atomic E-state index is 10.5. The van der Waals surface area contributed by atoms with E-state index in [2.05, 4.69) is 34.1 Å². The van der Waals surface area contributed by atoms with Gasteiger partial charge in [-0.1, -0.05) is 0 Å². The molecule has 2 bridgehead atoms. The predicted molar refractivity (Wildman–Crippen MR) is 114 cm³/mol. The number of imidazole rings is 1. The molecule has 0 radical (unpaired) electrons. The number of aromatic hydroxyl groups is 1. The van der Waals surface area contributed by atoms with E-state index in [4.69, 9.17) is 0 Å². The van der Waals surface area contributed by atoms with Crippen LogP contribution in [0.1, 0.15) is 39.5 Å². The topological polar surface area (TPSA) is 75.9 Å². The maximum Gasteiger partial charge on any atom is 0.127 e. The second-order valence-corrected chi connectivity index (χ2v) is 10.1. The van der Waals surface area contributed by atoms with Crippen molar-refractivity contribution in [1.82, 2.24) is 24.8 Å². The van der Waals surface area contributed by atoms with E-state index in [-0.39, 0.29) is 16.8 Å². The molecular weight excluding hydrogens is 382 g/mol. The summed E-state index contributed by atoms with van der Waals surface area (Å²) in [5.41, 5.74) is 2.71. The number of aromatic nitrogens is 4. The van der Waals surface area contributed by atoms with Crippen LogP contribution >= 0.6 is 11.8 Å². The highest BCUT2D eigenvalue weighted by Gasteiger charge is 2.48. The summed E-state index contributed by atoms with van der Waals surface area (Å²) in [4.78, 5) is 13.3. The Labute approximate surface area is 174 Å². The van der Waals surface area contributed by atoms with E-state index in [9.17, 15) is 5.11 Å². The van der Waals surface area contributed by atoms with E-state index in [1.54, 1.807) is 24.8 Å². The molecule has 0 saturated carbocycles. The van der Waals surface area contributed by atoms with Crippen molar-refractivity contribution in [2.75, 3.05) is 0 Å². The first-order valence-electron chi connectivity index (χ1n) is 10.0. The number of nitrogens with one attached hydrogen (secondary N) is 1. The van der Waals surface area contributed by atoms with E-state index in [0.717, 1.165) is 23.6 Å². The van der Waals surface area contributed by atoms with Gasteiger partial charge in [0.2, 0.25) is 0 Å². The van der Waals surface area contributed by atoms with Crippen LogP contribution in [0.25, 0.3) is 16.9 Å². The average Bonchev–Trinajstić information content (AvgIpc) is 3.28. The summed E-state index contributed by atoms with van der Waals surface area (Å²) in [6.45, 7) is 4.69. The highest BCUT2D eigenvalue weighted by atomic mass is 32.2. The van der Waals surface area contributed by atoms with Gasteiger partial charge in [0, 0.05) is 40.4 Å². The molecule has 0 amide bonds. The molecule has 2 N–H and O–H groups in total.